The molecular formula is C16H22BNO6. The maximum Gasteiger partial charge on any atom is 0.488 e. The first-order valence-corrected chi connectivity index (χ1v) is 7.43. The molecule has 0 unspecified atom stereocenters. The zero-order valence-electron chi connectivity index (χ0n) is 13.9. The molecule has 0 bridgehead atoms. The van der Waals surface area contributed by atoms with Crippen LogP contribution in [0.15, 0.2) is 30.3 Å². The van der Waals surface area contributed by atoms with Crippen LogP contribution in [0.3, 0.4) is 0 Å². The summed E-state index contributed by atoms with van der Waals surface area (Å²) >= 11 is 0. The van der Waals surface area contributed by atoms with Crippen LogP contribution < -0.4 is 10.8 Å². The van der Waals surface area contributed by atoms with Gasteiger partial charge in [-0.1, -0.05) is 36.4 Å². The number of nitrogens with one attached hydrogen (secondary N) is 1. The van der Waals surface area contributed by atoms with Crippen LogP contribution in [0.5, 0.6) is 0 Å². The molecule has 24 heavy (non-hydrogen) atoms. The number of amides is 1. The van der Waals surface area contributed by atoms with E-state index in [1.165, 1.54) is 0 Å². The predicted octanol–water partition coefficient (Wildman–Crippen LogP) is 0.748. The van der Waals surface area contributed by atoms with E-state index in [0.29, 0.717) is 5.46 Å². The van der Waals surface area contributed by atoms with Gasteiger partial charge in [-0.25, -0.2) is 9.59 Å². The molecule has 0 spiro atoms. The summed E-state index contributed by atoms with van der Waals surface area (Å²) in [5.41, 5.74) is 0.421. The van der Waals surface area contributed by atoms with Crippen molar-refractivity contribution in [1.82, 2.24) is 5.32 Å². The van der Waals surface area contributed by atoms with Crippen molar-refractivity contribution in [3.63, 3.8) is 0 Å². The van der Waals surface area contributed by atoms with Crippen LogP contribution in [-0.2, 0) is 9.53 Å². The van der Waals surface area contributed by atoms with Crippen molar-refractivity contribution in [2.45, 2.75) is 38.8 Å². The van der Waals surface area contributed by atoms with E-state index in [0.717, 1.165) is 5.56 Å². The minimum Gasteiger partial charge on any atom is -0.480 e. The third kappa shape index (κ3) is 7.30. The van der Waals surface area contributed by atoms with Gasteiger partial charge in [0.25, 0.3) is 0 Å². The Balaban J connectivity index is 2.62. The lowest BCUT2D eigenvalue weighted by Crippen LogP contribution is -2.43. The molecule has 0 fully saturated rings. The van der Waals surface area contributed by atoms with E-state index in [-0.39, 0.29) is 6.42 Å². The molecule has 4 N–H and O–H groups in total. The predicted molar refractivity (Wildman–Crippen MR) is 90.7 cm³/mol. The van der Waals surface area contributed by atoms with Crippen LogP contribution in [0, 0.1) is 0 Å². The van der Waals surface area contributed by atoms with E-state index < -0.39 is 30.8 Å². The summed E-state index contributed by atoms with van der Waals surface area (Å²) in [7, 11) is -1.53. The monoisotopic (exact) mass is 335 g/mol. The summed E-state index contributed by atoms with van der Waals surface area (Å²) in [4.78, 5) is 22.8. The molecule has 0 saturated heterocycles. The molecule has 0 aromatic heterocycles. The lowest BCUT2D eigenvalue weighted by atomic mass is 9.80. The van der Waals surface area contributed by atoms with Gasteiger partial charge >= 0.3 is 19.2 Å². The lowest BCUT2D eigenvalue weighted by Gasteiger charge is -2.21. The largest absolute Gasteiger partial charge is 0.488 e. The topological polar surface area (TPSA) is 116 Å². The zero-order chi connectivity index (χ0) is 18.3. The minimum atomic E-state index is -1.53. The first kappa shape index (κ1) is 19.7. The summed E-state index contributed by atoms with van der Waals surface area (Å²) < 4.78 is 5.03. The van der Waals surface area contributed by atoms with Crippen molar-refractivity contribution < 1.29 is 29.5 Å². The van der Waals surface area contributed by atoms with Crippen LogP contribution >= 0.6 is 0 Å². The number of aliphatic carboxylic acids is 1. The molecule has 1 aromatic rings. The minimum absolute atomic E-state index is 0.0823. The highest BCUT2D eigenvalue weighted by Crippen LogP contribution is 2.08. The third-order valence-electron chi connectivity index (χ3n) is 2.91. The number of hydrogen-bond donors (Lipinski definition) is 4. The van der Waals surface area contributed by atoms with Crippen molar-refractivity contribution in [3.8, 4) is 0 Å². The molecule has 130 valence electrons. The third-order valence-corrected chi connectivity index (χ3v) is 2.91. The fraction of sp³-hybridized carbons (Fsp3) is 0.375. The van der Waals surface area contributed by atoms with E-state index in [9.17, 15) is 9.59 Å². The number of carbonyl (C=O) groups is 2. The Morgan fingerprint density at radius 3 is 2.29 bits per heavy atom. The maximum atomic E-state index is 11.6. The van der Waals surface area contributed by atoms with Gasteiger partial charge in [0.05, 0.1) is 0 Å². The van der Waals surface area contributed by atoms with Gasteiger partial charge in [0.1, 0.15) is 11.6 Å². The Morgan fingerprint density at radius 1 is 1.25 bits per heavy atom. The fourth-order valence-electron chi connectivity index (χ4n) is 1.79. The average Bonchev–Trinajstić information content (AvgIpc) is 2.44. The number of alkyl carbamates (subject to hydrolysis) is 1. The highest BCUT2D eigenvalue weighted by Gasteiger charge is 2.22. The summed E-state index contributed by atoms with van der Waals surface area (Å²) in [6, 6.07) is 5.34. The fourth-order valence-corrected chi connectivity index (χ4v) is 1.79. The summed E-state index contributed by atoms with van der Waals surface area (Å²) in [6.07, 6.45) is 2.59. The Hall–Kier alpha value is -2.32. The van der Waals surface area contributed by atoms with Gasteiger partial charge in [-0.05, 0) is 38.2 Å². The number of benzene rings is 1. The second-order valence-electron chi connectivity index (χ2n) is 6.22. The van der Waals surface area contributed by atoms with Crippen molar-refractivity contribution >= 4 is 30.7 Å². The van der Waals surface area contributed by atoms with Gasteiger partial charge in [-0.3, -0.25) is 0 Å². The Kier molecular flexibility index (Phi) is 7.00. The SMILES string of the molecule is CC(C)(C)OC(=O)N[C@@H](C/C=C/c1ccc(B(O)O)cc1)C(=O)O. The summed E-state index contributed by atoms with van der Waals surface area (Å²) in [5, 5.41) is 29.5. The van der Waals surface area contributed by atoms with Gasteiger partial charge in [-0.2, -0.15) is 0 Å². The molecule has 0 saturated carbocycles. The van der Waals surface area contributed by atoms with Crippen LogP contribution in [0.2, 0.25) is 0 Å². The smallest absolute Gasteiger partial charge is 0.480 e. The number of hydrogen-bond acceptors (Lipinski definition) is 5. The first-order valence-electron chi connectivity index (χ1n) is 7.43. The molecule has 0 radical (unpaired) electrons. The quantitative estimate of drug-likeness (QED) is 0.570. The number of carbonyl (C=O) groups excluding carboxylic acids is 1. The zero-order valence-corrected chi connectivity index (χ0v) is 13.9. The van der Waals surface area contributed by atoms with Crippen LogP contribution in [0.1, 0.15) is 32.8 Å². The van der Waals surface area contributed by atoms with Crippen LogP contribution in [-0.4, -0.2) is 46.0 Å². The van der Waals surface area contributed by atoms with Gasteiger partial charge in [0, 0.05) is 0 Å². The van der Waals surface area contributed by atoms with E-state index in [1.54, 1.807) is 57.2 Å². The maximum absolute atomic E-state index is 11.6. The van der Waals surface area contributed by atoms with Crippen molar-refractivity contribution in [2.75, 3.05) is 0 Å². The molecule has 1 aromatic carbocycles. The van der Waals surface area contributed by atoms with Crippen molar-refractivity contribution in [3.05, 3.63) is 35.9 Å². The molecule has 7 nitrogen and oxygen atoms in total. The van der Waals surface area contributed by atoms with Crippen LogP contribution in [0.25, 0.3) is 6.08 Å². The highest BCUT2D eigenvalue weighted by molar-refractivity contribution is 6.58. The van der Waals surface area contributed by atoms with Crippen molar-refractivity contribution in [2.24, 2.45) is 0 Å². The Bertz CT molecular complexity index is 592. The molecular weight excluding hydrogens is 313 g/mol. The highest BCUT2D eigenvalue weighted by atomic mass is 16.6. The summed E-state index contributed by atoms with van der Waals surface area (Å²) in [5.74, 6) is -1.16. The molecule has 0 aliphatic rings. The molecule has 0 aliphatic carbocycles. The van der Waals surface area contributed by atoms with Gasteiger partial charge < -0.3 is 25.2 Å². The number of ether oxygens (including phenoxy) is 1. The standard InChI is InChI=1S/C16H22BNO6/c1-16(2,3)24-15(21)18-13(14(19)20)6-4-5-11-7-9-12(10-8-11)17(22)23/h4-5,7-10,13,22-23H,6H2,1-3H3,(H,18,21)(H,19,20)/b5-4+/t13-/m0/s1. The van der Waals surface area contributed by atoms with E-state index in [4.69, 9.17) is 19.9 Å². The number of rotatable bonds is 6. The molecule has 1 atom stereocenters. The average molecular weight is 335 g/mol. The normalized spacial score (nSPS) is 12.7. The van der Waals surface area contributed by atoms with Crippen LogP contribution in [0.4, 0.5) is 4.79 Å². The van der Waals surface area contributed by atoms with Gasteiger partial charge in [-0.15, -0.1) is 0 Å². The van der Waals surface area contributed by atoms with Gasteiger partial charge in [0.15, 0.2) is 0 Å². The molecule has 1 amide bonds. The first-order chi connectivity index (χ1) is 11.1. The Morgan fingerprint density at radius 2 is 1.83 bits per heavy atom. The lowest BCUT2D eigenvalue weighted by molar-refractivity contribution is -0.139. The second-order valence-corrected chi connectivity index (χ2v) is 6.22. The summed E-state index contributed by atoms with van der Waals surface area (Å²) in [6.45, 7) is 5.07. The van der Waals surface area contributed by atoms with E-state index in [2.05, 4.69) is 5.32 Å². The molecule has 0 aliphatic heterocycles. The van der Waals surface area contributed by atoms with E-state index in [1.807, 2.05) is 0 Å². The van der Waals surface area contributed by atoms with E-state index >= 15 is 0 Å². The molecule has 8 heteroatoms. The second kappa shape index (κ2) is 8.51. The Labute approximate surface area is 141 Å². The van der Waals surface area contributed by atoms with Gasteiger partial charge in [0.2, 0.25) is 0 Å². The van der Waals surface area contributed by atoms with Crippen molar-refractivity contribution in [1.29, 1.82) is 0 Å². The molecule has 0 heterocycles. The number of carboxylic acids is 1. The molecule has 1 rings (SSSR count). The number of carboxylic acid groups (broad SMARTS) is 1.